The fourth-order valence-corrected chi connectivity index (χ4v) is 2.50. The largest absolute Gasteiger partial charge is 0.365 e. The van der Waals surface area contributed by atoms with Gasteiger partial charge in [0.1, 0.15) is 12.1 Å². The minimum absolute atomic E-state index is 0.873. The Labute approximate surface area is 113 Å². The van der Waals surface area contributed by atoms with Crippen LogP contribution in [0.1, 0.15) is 17.0 Å². The maximum atomic E-state index is 4.46. The SMILES string of the molecule is CN(CCc1ccc[nH]1)c1ncnc2c1CNCC2. The molecule has 0 fully saturated rings. The second-order valence-electron chi connectivity index (χ2n) is 4.92. The number of fused-ring (bicyclic) bond motifs is 1. The average molecular weight is 257 g/mol. The minimum atomic E-state index is 0.873. The lowest BCUT2D eigenvalue weighted by molar-refractivity contribution is 0.622. The summed E-state index contributed by atoms with van der Waals surface area (Å²) in [5.41, 5.74) is 3.70. The van der Waals surface area contributed by atoms with Crippen LogP contribution in [0.4, 0.5) is 5.82 Å². The van der Waals surface area contributed by atoms with Gasteiger partial charge in [-0.1, -0.05) is 0 Å². The summed E-state index contributed by atoms with van der Waals surface area (Å²) in [5, 5.41) is 3.39. The van der Waals surface area contributed by atoms with E-state index in [1.807, 2.05) is 12.3 Å². The Morgan fingerprint density at radius 1 is 1.37 bits per heavy atom. The molecular weight excluding hydrogens is 238 g/mol. The second-order valence-corrected chi connectivity index (χ2v) is 4.92. The second kappa shape index (κ2) is 5.40. The summed E-state index contributed by atoms with van der Waals surface area (Å²) in [4.78, 5) is 14.3. The van der Waals surface area contributed by atoms with E-state index in [-0.39, 0.29) is 0 Å². The summed E-state index contributed by atoms with van der Waals surface area (Å²) >= 11 is 0. The predicted molar refractivity (Wildman–Crippen MR) is 75.2 cm³/mol. The van der Waals surface area contributed by atoms with Crippen LogP contribution in [0, 0.1) is 0 Å². The topological polar surface area (TPSA) is 56.8 Å². The lowest BCUT2D eigenvalue weighted by Gasteiger charge is -2.24. The lowest BCUT2D eigenvalue weighted by Crippen LogP contribution is -2.30. The van der Waals surface area contributed by atoms with Crippen LogP contribution < -0.4 is 10.2 Å². The van der Waals surface area contributed by atoms with Crippen LogP contribution in [0.5, 0.6) is 0 Å². The molecule has 0 atom stereocenters. The summed E-state index contributed by atoms with van der Waals surface area (Å²) in [5.74, 6) is 1.06. The smallest absolute Gasteiger partial charge is 0.136 e. The fourth-order valence-electron chi connectivity index (χ4n) is 2.50. The number of likely N-dealkylation sites (N-methyl/N-ethyl adjacent to an activating group) is 1. The van der Waals surface area contributed by atoms with Gasteiger partial charge < -0.3 is 15.2 Å². The summed E-state index contributed by atoms with van der Waals surface area (Å²) in [6.07, 6.45) is 5.64. The zero-order valence-electron chi connectivity index (χ0n) is 11.2. The molecule has 5 heteroatoms. The fraction of sp³-hybridized carbons (Fsp3) is 0.429. The molecule has 0 saturated heterocycles. The van der Waals surface area contributed by atoms with Crippen molar-refractivity contribution in [1.82, 2.24) is 20.3 Å². The molecule has 5 nitrogen and oxygen atoms in total. The van der Waals surface area contributed by atoms with Crippen molar-refractivity contribution in [1.29, 1.82) is 0 Å². The van der Waals surface area contributed by atoms with Crippen molar-refractivity contribution < 1.29 is 0 Å². The minimum Gasteiger partial charge on any atom is -0.365 e. The molecule has 0 unspecified atom stereocenters. The summed E-state index contributed by atoms with van der Waals surface area (Å²) in [6, 6.07) is 4.15. The molecule has 0 saturated carbocycles. The molecule has 2 N–H and O–H groups in total. The summed E-state index contributed by atoms with van der Waals surface area (Å²) < 4.78 is 0. The van der Waals surface area contributed by atoms with Crippen LogP contribution in [-0.4, -0.2) is 35.1 Å². The zero-order valence-corrected chi connectivity index (χ0v) is 11.2. The third kappa shape index (κ3) is 2.61. The molecule has 0 radical (unpaired) electrons. The molecule has 3 heterocycles. The first kappa shape index (κ1) is 12.2. The van der Waals surface area contributed by atoms with Crippen molar-refractivity contribution in [2.75, 3.05) is 25.0 Å². The highest BCUT2D eigenvalue weighted by atomic mass is 15.2. The first-order valence-electron chi connectivity index (χ1n) is 6.71. The molecule has 0 aromatic carbocycles. The molecule has 0 aliphatic carbocycles. The zero-order chi connectivity index (χ0) is 13.1. The van der Waals surface area contributed by atoms with E-state index in [1.54, 1.807) is 6.33 Å². The maximum Gasteiger partial charge on any atom is 0.136 e. The Morgan fingerprint density at radius 3 is 3.16 bits per heavy atom. The van der Waals surface area contributed by atoms with Gasteiger partial charge in [-0.25, -0.2) is 9.97 Å². The molecule has 0 bridgehead atoms. The standard InChI is InChI=1S/C14H19N5/c1-19(8-5-11-3-2-6-16-11)14-12-9-15-7-4-13(12)17-10-18-14/h2-3,6,10,15-16H,4-5,7-9H2,1H3. The van der Waals surface area contributed by atoms with Gasteiger partial charge in [0.2, 0.25) is 0 Å². The van der Waals surface area contributed by atoms with Crippen molar-refractivity contribution in [3.63, 3.8) is 0 Å². The number of hydrogen-bond donors (Lipinski definition) is 2. The van der Waals surface area contributed by atoms with Crippen molar-refractivity contribution in [3.05, 3.63) is 41.6 Å². The number of hydrogen-bond acceptors (Lipinski definition) is 4. The van der Waals surface area contributed by atoms with E-state index in [4.69, 9.17) is 0 Å². The normalized spacial score (nSPS) is 14.2. The number of H-pyrrole nitrogens is 1. The van der Waals surface area contributed by atoms with E-state index in [1.165, 1.54) is 17.0 Å². The molecule has 0 amide bonds. The number of aromatic amines is 1. The van der Waals surface area contributed by atoms with Crippen molar-refractivity contribution in [2.45, 2.75) is 19.4 Å². The Balaban J connectivity index is 1.74. The summed E-state index contributed by atoms with van der Waals surface area (Å²) in [7, 11) is 2.10. The Kier molecular flexibility index (Phi) is 3.46. The number of rotatable bonds is 4. The third-order valence-electron chi connectivity index (χ3n) is 3.59. The van der Waals surface area contributed by atoms with Gasteiger partial charge in [0.15, 0.2) is 0 Å². The van der Waals surface area contributed by atoms with Crippen LogP contribution in [-0.2, 0) is 19.4 Å². The first-order chi connectivity index (χ1) is 9.34. The van der Waals surface area contributed by atoms with Crippen LogP contribution in [0.15, 0.2) is 24.7 Å². The van der Waals surface area contributed by atoms with Gasteiger partial charge in [-0.2, -0.15) is 0 Å². The highest BCUT2D eigenvalue weighted by molar-refractivity contribution is 5.48. The van der Waals surface area contributed by atoms with Gasteiger partial charge in [0.05, 0.1) is 5.69 Å². The van der Waals surface area contributed by atoms with Gasteiger partial charge >= 0.3 is 0 Å². The molecule has 2 aromatic heterocycles. The van der Waals surface area contributed by atoms with Crippen LogP contribution in [0.2, 0.25) is 0 Å². The third-order valence-corrected chi connectivity index (χ3v) is 3.59. The Hall–Kier alpha value is -1.88. The maximum absolute atomic E-state index is 4.46. The van der Waals surface area contributed by atoms with Crippen molar-refractivity contribution >= 4 is 5.82 Å². The van der Waals surface area contributed by atoms with Crippen molar-refractivity contribution in [2.24, 2.45) is 0 Å². The molecule has 19 heavy (non-hydrogen) atoms. The molecule has 0 spiro atoms. The highest BCUT2D eigenvalue weighted by Crippen LogP contribution is 2.21. The van der Waals surface area contributed by atoms with Crippen molar-refractivity contribution in [3.8, 4) is 0 Å². The highest BCUT2D eigenvalue weighted by Gasteiger charge is 2.17. The molecule has 1 aliphatic heterocycles. The average Bonchev–Trinajstić information content (AvgIpc) is 2.97. The van der Waals surface area contributed by atoms with E-state index < -0.39 is 0 Å². The van der Waals surface area contributed by atoms with Crippen LogP contribution >= 0.6 is 0 Å². The molecule has 1 aliphatic rings. The monoisotopic (exact) mass is 257 g/mol. The molecule has 2 aromatic rings. The van der Waals surface area contributed by atoms with E-state index in [2.05, 4.69) is 38.3 Å². The van der Waals surface area contributed by atoms with Gasteiger partial charge in [0, 0.05) is 57.0 Å². The molecule has 3 rings (SSSR count). The van der Waals surface area contributed by atoms with Crippen LogP contribution in [0.3, 0.4) is 0 Å². The van der Waals surface area contributed by atoms with Gasteiger partial charge in [-0.15, -0.1) is 0 Å². The van der Waals surface area contributed by atoms with E-state index in [0.717, 1.165) is 38.3 Å². The molecule has 100 valence electrons. The number of nitrogens with zero attached hydrogens (tertiary/aromatic N) is 3. The number of aromatic nitrogens is 3. The quantitative estimate of drug-likeness (QED) is 0.862. The Morgan fingerprint density at radius 2 is 2.32 bits per heavy atom. The van der Waals surface area contributed by atoms with Gasteiger partial charge in [-0.3, -0.25) is 0 Å². The summed E-state index contributed by atoms with van der Waals surface area (Å²) in [6.45, 7) is 2.83. The van der Waals surface area contributed by atoms with Crippen LogP contribution in [0.25, 0.3) is 0 Å². The van der Waals surface area contributed by atoms with E-state index in [0.29, 0.717) is 0 Å². The number of anilines is 1. The van der Waals surface area contributed by atoms with Gasteiger partial charge in [-0.05, 0) is 12.1 Å². The lowest BCUT2D eigenvalue weighted by atomic mass is 10.1. The molecular formula is C14H19N5. The van der Waals surface area contributed by atoms with Gasteiger partial charge in [0.25, 0.3) is 0 Å². The van der Waals surface area contributed by atoms with E-state index in [9.17, 15) is 0 Å². The predicted octanol–water partition coefficient (Wildman–Crippen LogP) is 1.13. The Bertz CT molecular complexity index is 535. The first-order valence-corrected chi connectivity index (χ1v) is 6.71. The number of nitrogens with one attached hydrogen (secondary N) is 2. The van der Waals surface area contributed by atoms with E-state index >= 15 is 0 Å².